The molecule has 0 aliphatic rings. The second-order valence-corrected chi connectivity index (χ2v) is 5.68. The van der Waals surface area contributed by atoms with Gasteiger partial charge in [-0.1, -0.05) is 29.8 Å². The van der Waals surface area contributed by atoms with Crippen molar-refractivity contribution in [2.24, 2.45) is 0 Å². The minimum Gasteiger partial charge on any atom is -0.423 e. The first kappa shape index (κ1) is 17.1. The van der Waals surface area contributed by atoms with Crippen LogP contribution in [0.25, 0.3) is 0 Å². The lowest BCUT2D eigenvalue weighted by Crippen LogP contribution is -2.12. The second kappa shape index (κ2) is 7.31. The van der Waals surface area contributed by atoms with Gasteiger partial charge in [0.1, 0.15) is 5.75 Å². The Bertz CT molecular complexity index is 750. The summed E-state index contributed by atoms with van der Waals surface area (Å²) in [6, 6.07) is 10.8. The van der Waals surface area contributed by atoms with Gasteiger partial charge in [0, 0.05) is 21.3 Å². The van der Waals surface area contributed by atoms with Gasteiger partial charge in [-0.15, -0.1) is 0 Å². The molecule has 0 heterocycles. The first-order valence-corrected chi connectivity index (χ1v) is 7.36. The minimum absolute atomic E-state index is 0.257. The second-order valence-electron chi connectivity index (χ2n) is 4.81. The van der Waals surface area contributed by atoms with Crippen LogP contribution in [0.3, 0.4) is 0 Å². The van der Waals surface area contributed by atoms with Crippen molar-refractivity contribution in [3.8, 4) is 5.75 Å². The molecule has 0 unspecified atom stereocenters. The third-order valence-electron chi connectivity index (χ3n) is 2.81. The molecule has 0 aliphatic carbocycles. The van der Waals surface area contributed by atoms with Crippen molar-refractivity contribution in [3.63, 3.8) is 0 Å². The number of esters is 1. The van der Waals surface area contributed by atoms with Crippen molar-refractivity contribution in [1.29, 1.82) is 0 Å². The van der Waals surface area contributed by atoms with Gasteiger partial charge < -0.3 is 10.1 Å². The first-order chi connectivity index (χ1) is 10.8. The molecule has 2 aromatic rings. The van der Waals surface area contributed by atoms with Gasteiger partial charge in [-0.3, -0.25) is 4.79 Å². The number of carbonyl (C=O) groups is 2. The van der Waals surface area contributed by atoms with E-state index in [-0.39, 0.29) is 11.7 Å². The van der Waals surface area contributed by atoms with Gasteiger partial charge in [-0.05, 0) is 49.4 Å². The maximum atomic E-state index is 12.1. The van der Waals surface area contributed by atoms with E-state index in [1.807, 2.05) is 0 Å². The fraction of sp³-hybridized carbons (Fsp3) is 0.0588. The highest BCUT2D eigenvalue weighted by Crippen LogP contribution is 2.25. The molecule has 6 heteroatoms. The molecule has 0 radical (unpaired) electrons. The van der Waals surface area contributed by atoms with Crippen molar-refractivity contribution in [3.05, 3.63) is 70.2 Å². The molecule has 0 bridgehead atoms. The molecule has 0 saturated heterocycles. The Kier molecular flexibility index (Phi) is 5.42. The molecule has 2 rings (SSSR count). The average Bonchev–Trinajstić information content (AvgIpc) is 2.46. The molecular weight excluding hydrogens is 337 g/mol. The van der Waals surface area contributed by atoms with E-state index in [4.69, 9.17) is 27.9 Å². The molecule has 118 valence electrons. The molecule has 4 nitrogen and oxygen atoms in total. The Balaban J connectivity index is 2.08. The molecule has 0 spiro atoms. The van der Waals surface area contributed by atoms with E-state index in [9.17, 15) is 9.59 Å². The van der Waals surface area contributed by atoms with Gasteiger partial charge in [0.25, 0.3) is 5.91 Å². The largest absolute Gasteiger partial charge is 0.423 e. The number of hydrogen-bond acceptors (Lipinski definition) is 3. The molecular formula is C17H13Cl2NO3. The Labute approximate surface area is 143 Å². The van der Waals surface area contributed by atoms with E-state index in [2.05, 4.69) is 11.9 Å². The zero-order chi connectivity index (χ0) is 17.0. The summed E-state index contributed by atoms with van der Waals surface area (Å²) in [4.78, 5) is 23.6. The van der Waals surface area contributed by atoms with Crippen LogP contribution in [0, 0.1) is 0 Å². The summed E-state index contributed by atoms with van der Waals surface area (Å²) in [7, 11) is 0. The van der Waals surface area contributed by atoms with Crippen LogP contribution in [0.15, 0.2) is 54.6 Å². The maximum Gasteiger partial charge on any atom is 0.343 e. The van der Waals surface area contributed by atoms with Crippen molar-refractivity contribution in [2.75, 3.05) is 5.32 Å². The Morgan fingerprint density at radius 1 is 1.04 bits per heavy atom. The fourth-order valence-corrected chi connectivity index (χ4v) is 2.19. The van der Waals surface area contributed by atoms with Gasteiger partial charge in [0.15, 0.2) is 0 Å². The highest BCUT2D eigenvalue weighted by molar-refractivity contribution is 6.34. The number of anilines is 1. The van der Waals surface area contributed by atoms with E-state index in [0.717, 1.165) is 0 Å². The van der Waals surface area contributed by atoms with Gasteiger partial charge in [0.05, 0.1) is 5.56 Å². The van der Waals surface area contributed by atoms with Crippen LogP contribution in [0.4, 0.5) is 5.69 Å². The average molecular weight is 350 g/mol. The molecule has 2 aromatic carbocycles. The van der Waals surface area contributed by atoms with E-state index >= 15 is 0 Å². The topological polar surface area (TPSA) is 55.4 Å². The van der Waals surface area contributed by atoms with E-state index in [0.29, 0.717) is 26.9 Å². The predicted molar refractivity (Wildman–Crippen MR) is 91.3 cm³/mol. The van der Waals surface area contributed by atoms with Crippen LogP contribution in [0.5, 0.6) is 5.75 Å². The Morgan fingerprint density at radius 2 is 1.61 bits per heavy atom. The summed E-state index contributed by atoms with van der Waals surface area (Å²) >= 11 is 11.7. The Hall–Kier alpha value is -2.30. The van der Waals surface area contributed by atoms with Gasteiger partial charge in [-0.2, -0.15) is 0 Å². The molecule has 23 heavy (non-hydrogen) atoms. The number of ether oxygens (including phenoxy) is 1. The minimum atomic E-state index is -0.555. The predicted octanol–water partition coefficient (Wildman–Crippen LogP) is 4.73. The summed E-state index contributed by atoms with van der Waals surface area (Å²) in [5, 5.41) is 3.39. The number of carbonyl (C=O) groups excluding carboxylic acids is 2. The SMILES string of the molecule is C=C(C)C(=O)Nc1ccc(C(=O)Oc2cc(Cl)cc(Cl)c2)cc1. The summed E-state index contributed by atoms with van der Waals surface area (Å²) in [6.45, 7) is 5.16. The van der Waals surface area contributed by atoms with Crippen LogP contribution in [0.2, 0.25) is 10.0 Å². The van der Waals surface area contributed by atoms with Crippen LogP contribution in [-0.2, 0) is 4.79 Å². The molecule has 0 fully saturated rings. The molecule has 0 aromatic heterocycles. The van der Waals surface area contributed by atoms with Crippen molar-refractivity contribution < 1.29 is 14.3 Å². The van der Waals surface area contributed by atoms with E-state index in [1.165, 1.54) is 12.1 Å². The fourth-order valence-electron chi connectivity index (χ4n) is 1.68. The summed E-state index contributed by atoms with van der Waals surface area (Å²) in [5.74, 6) is -0.581. The number of nitrogens with one attached hydrogen (secondary N) is 1. The third-order valence-corrected chi connectivity index (χ3v) is 3.25. The van der Waals surface area contributed by atoms with Crippen molar-refractivity contribution in [2.45, 2.75) is 6.92 Å². The summed E-state index contributed by atoms with van der Waals surface area (Å²) < 4.78 is 5.21. The standard InChI is InChI=1S/C17H13Cl2NO3/c1-10(2)16(21)20-14-5-3-11(4-6-14)17(22)23-15-8-12(18)7-13(19)9-15/h3-9H,1H2,2H3,(H,20,21). The highest BCUT2D eigenvalue weighted by atomic mass is 35.5. The monoisotopic (exact) mass is 349 g/mol. The van der Waals surface area contributed by atoms with E-state index in [1.54, 1.807) is 37.3 Å². The Morgan fingerprint density at radius 3 is 2.13 bits per heavy atom. The smallest absolute Gasteiger partial charge is 0.343 e. The van der Waals surface area contributed by atoms with Crippen LogP contribution < -0.4 is 10.1 Å². The number of rotatable bonds is 4. The van der Waals surface area contributed by atoms with E-state index < -0.39 is 5.97 Å². The third kappa shape index (κ3) is 4.84. The lowest BCUT2D eigenvalue weighted by molar-refractivity contribution is -0.112. The zero-order valence-electron chi connectivity index (χ0n) is 12.2. The van der Waals surface area contributed by atoms with Gasteiger partial charge in [-0.25, -0.2) is 4.79 Å². The van der Waals surface area contributed by atoms with Crippen LogP contribution in [-0.4, -0.2) is 11.9 Å². The molecule has 0 aliphatic heterocycles. The molecule has 1 amide bonds. The lowest BCUT2D eigenvalue weighted by atomic mass is 10.2. The van der Waals surface area contributed by atoms with Gasteiger partial charge >= 0.3 is 5.97 Å². The van der Waals surface area contributed by atoms with Crippen LogP contribution >= 0.6 is 23.2 Å². The summed E-state index contributed by atoms with van der Waals surface area (Å²) in [6.07, 6.45) is 0. The zero-order valence-corrected chi connectivity index (χ0v) is 13.7. The molecule has 0 saturated carbocycles. The van der Waals surface area contributed by atoms with Crippen molar-refractivity contribution in [1.82, 2.24) is 0 Å². The number of benzene rings is 2. The number of halogens is 2. The van der Waals surface area contributed by atoms with Crippen LogP contribution in [0.1, 0.15) is 17.3 Å². The normalized spacial score (nSPS) is 10.0. The van der Waals surface area contributed by atoms with Crippen molar-refractivity contribution >= 4 is 40.8 Å². The lowest BCUT2D eigenvalue weighted by Gasteiger charge is -2.07. The molecule has 0 atom stereocenters. The maximum absolute atomic E-state index is 12.1. The number of amides is 1. The quantitative estimate of drug-likeness (QED) is 0.493. The van der Waals surface area contributed by atoms with Gasteiger partial charge in [0.2, 0.25) is 0 Å². The highest BCUT2D eigenvalue weighted by Gasteiger charge is 2.10. The summed E-state index contributed by atoms with van der Waals surface area (Å²) in [5.41, 5.74) is 1.28. The first-order valence-electron chi connectivity index (χ1n) is 6.60. The number of hydrogen-bond donors (Lipinski definition) is 1. The molecule has 1 N–H and O–H groups in total.